The number of fused-ring (bicyclic) bond motifs is 1. The predicted molar refractivity (Wildman–Crippen MR) is 103 cm³/mol. The van der Waals surface area contributed by atoms with Crippen LogP contribution in [0.1, 0.15) is 36.8 Å². The van der Waals surface area contributed by atoms with E-state index < -0.39 is 29.7 Å². The number of benzene rings is 1. The van der Waals surface area contributed by atoms with Gasteiger partial charge in [0.15, 0.2) is 0 Å². The number of esters is 1. The van der Waals surface area contributed by atoms with Crippen molar-refractivity contribution >= 4 is 40.5 Å². The SMILES string of the molecule is Cc1cc2oc(=O)cc(COC(=O)CN3C(=O)NC4(CCCC4)C3=O)c2cc1Cl. The van der Waals surface area contributed by atoms with E-state index in [1.54, 1.807) is 19.1 Å². The third-order valence-electron chi connectivity index (χ3n) is 5.49. The van der Waals surface area contributed by atoms with E-state index in [1.807, 2.05) is 0 Å². The number of nitrogens with zero attached hydrogens (tertiary/aromatic N) is 1. The summed E-state index contributed by atoms with van der Waals surface area (Å²) in [6.45, 7) is 1.09. The maximum absolute atomic E-state index is 12.6. The number of carbonyl (C=O) groups excluding carboxylic acids is 3. The van der Waals surface area contributed by atoms with Gasteiger partial charge in [0.05, 0.1) is 0 Å². The number of carbonyl (C=O) groups is 3. The van der Waals surface area contributed by atoms with Gasteiger partial charge in [-0.1, -0.05) is 24.4 Å². The second-order valence-electron chi connectivity index (χ2n) is 7.46. The molecule has 3 amide bonds. The number of amides is 3. The molecule has 0 unspecified atom stereocenters. The van der Waals surface area contributed by atoms with Crippen molar-refractivity contribution in [2.75, 3.05) is 6.54 Å². The maximum atomic E-state index is 12.6. The van der Waals surface area contributed by atoms with E-state index in [0.717, 1.165) is 23.3 Å². The van der Waals surface area contributed by atoms with Gasteiger partial charge in [-0.3, -0.25) is 14.5 Å². The number of nitrogens with one attached hydrogen (secondary N) is 1. The molecule has 1 aromatic carbocycles. The van der Waals surface area contributed by atoms with Gasteiger partial charge in [-0.2, -0.15) is 0 Å². The van der Waals surface area contributed by atoms with E-state index >= 15 is 0 Å². The van der Waals surface area contributed by atoms with Crippen LogP contribution in [0.25, 0.3) is 11.0 Å². The van der Waals surface area contributed by atoms with E-state index in [9.17, 15) is 19.2 Å². The lowest BCUT2D eigenvalue weighted by molar-refractivity contribution is -0.148. The number of hydrogen-bond donors (Lipinski definition) is 1. The maximum Gasteiger partial charge on any atom is 0.336 e. The van der Waals surface area contributed by atoms with Crippen molar-refractivity contribution in [3.8, 4) is 0 Å². The fraction of sp³-hybridized carbons (Fsp3) is 0.400. The first kappa shape index (κ1) is 19.4. The topological polar surface area (TPSA) is 106 Å². The van der Waals surface area contributed by atoms with Gasteiger partial charge in [0, 0.05) is 22.0 Å². The lowest BCUT2D eigenvalue weighted by Crippen LogP contribution is -2.44. The third-order valence-corrected chi connectivity index (χ3v) is 5.90. The Labute approximate surface area is 170 Å². The second-order valence-corrected chi connectivity index (χ2v) is 7.87. The summed E-state index contributed by atoms with van der Waals surface area (Å²) in [7, 11) is 0. The van der Waals surface area contributed by atoms with E-state index in [0.29, 0.717) is 34.4 Å². The van der Waals surface area contributed by atoms with Crippen molar-refractivity contribution in [1.29, 1.82) is 0 Å². The van der Waals surface area contributed by atoms with Crippen molar-refractivity contribution in [2.45, 2.75) is 44.8 Å². The monoisotopic (exact) mass is 418 g/mol. The highest BCUT2D eigenvalue weighted by atomic mass is 35.5. The van der Waals surface area contributed by atoms with Gasteiger partial charge < -0.3 is 14.5 Å². The molecule has 0 radical (unpaired) electrons. The number of rotatable bonds is 4. The number of urea groups is 1. The lowest BCUT2D eigenvalue weighted by atomic mass is 9.98. The fourth-order valence-electron chi connectivity index (χ4n) is 3.94. The minimum atomic E-state index is -0.874. The molecule has 2 aliphatic rings. The van der Waals surface area contributed by atoms with Crippen LogP contribution in [0.3, 0.4) is 0 Å². The second kappa shape index (κ2) is 7.18. The Kier molecular flexibility index (Phi) is 4.82. The zero-order chi connectivity index (χ0) is 20.8. The average molecular weight is 419 g/mol. The Hall–Kier alpha value is -2.87. The van der Waals surface area contributed by atoms with Crippen LogP contribution >= 0.6 is 11.6 Å². The van der Waals surface area contributed by atoms with Gasteiger partial charge in [-0.15, -0.1) is 0 Å². The first-order chi connectivity index (χ1) is 13.8. The Morgan fingerprint density at radius 1 is 1.24 bits per heavy atom. The molecule has 152 valence electrons. The minimum absolute atomic E-state index is 0.213. The number of ether oxygens (including phenoxy) is 1. The van der Waals surface area contributed by atoms with Crippen LogP contribution in [0.5, 0.6) is 0 Å². The third kappa shape index (κ3) is 3.48. The molecule has 2 heterocycles. The summed E-state index contributed by atoms with van der Waals surface area (Å²) in [5.74, 6) is -1.13. The zero-order valence-electron chi connectivity index (χ0n) is 15.7. The number of hydrogen-bond acceptors (Lipinski definition) is 6. The fourth-order valence-corrected chi connectivity index (χ4v) is 4.10. The Bertz CT molecular complexity index is 1090. The highest BCUT2D eigenvalue weighted by molar-refractivity contribution is 6.32. The summed E-state index contributed by atoms with van der Waals surface area (Å²) < 4.78 is 10.4. The molecular weight excluding hydrogens is 400 g/mol. The zero-order valence-corrected chi connectivity index (χ0v) is 16.5. The summed E-state index contributed by atoms with van der Waals surface area (Å²) in [5.41, 5.74) is 0.0534. The summed E-state index contributed by atoms with van der Waals surface area (Å²) in [6, 6.07) is 3.92. The molecule has 4 rings (SSSR count). The lowest BCUT2D eigenvalue weighted by Gasteiger charge is -2.19. The van der Waals surface area contributed by atoms with Gasteiger partial charge in [-0.05, 0) is 37.5 Å². The summed E-state index contributed by atoms with van der Waals surface area (Å²) in [6.07, 6.45) is 2.87. The molecule has 1 spiro atoms. The quantitative estimate of drug-likeness (QED) is 0.465. The summed E-state index contributed by atoms with van der Waals surface area (Å²) >= 11 is 6.15. The molecule has 1 aliphatic carbocycles. The van der Waals surface area contributed by atoms with Crippen molar-refractivity contribution in [3.63, 3.8) is 0 Å². The molecule has 1 aliphatic heterocycles. The van der Waals surface area contributed by atoms with Crippen LogP contribution in [0.15, 0.2) is 27.4 Å². The molecular formula is C20H19ClN2O6. The molecule has 0 bridgehead atoms. The molecule has 1 saturated carbocycles. The van der Waals surface area contributed by atoms with Gasteiger partial charge >= 0.3 is 17.6 Å². The van der Waals surface area contributed by atoms with Crippen molar-refractivity contribution in [2.24, 2.45) is 0 Å². The van der Waals surface area contributed by atoms with Crippen LogP contribution in [0.4, 0.5) is 4.79 Å². The molecule has 0 atom stereocenters. The van der Waals surface area contributed by atoms with Crippen molar-refractivity contribution in [3.05, 3.63) is 44.8 Å². The Morgan fingerprint density at radius 3 is 2.69 bits per heavy atom. The molecule has 9 heteroatoms. The van der Waals surface area contributed by atoms with E-state index in [4.69, 9.17) is 20.8 Å². The normalized spacial score (nSPS) is 17.9. The highest BCUT2D eigenvalue weighted by Gasteiger charge is 2.52. The van der Waals surface area contributed by atoms with Crippen LogP contribution in [0, 0.1) is 6.92 Å². The summed E-state index contributed by atoms with van der Waals surface area (Å²) in [4.78, 5) is 49.8. The minimum Gasteiger partial charge on any atom is -0.459 e. The Balaban J connectivity index is 1.48. The molecule has 1 N–H and O–H groups in total. The van der Waals surface area contributed by atoms with Crippen LogP contribution < -0.4 is 10.9 Å². The van der Waals surface area contributed by atoms with E-state index in [1.165, 1.54) is 6.07 Å². The highest BCUT2D eigenvalue weighted by Crippen LogP contribution is 2.35. The molecule has 1 aromatic heterocycles. The standard InChI is InChI=1S/C20H19ClN2O6/c1-11-6-15-13(8-14(11)21)12(7-16(24)29-15)10-28-17(25)9-23-18(26)20(22-19(23)27)4-2-3-5-20/h6-8H,2-5,9-10H2,1H3,(H,22,27). The average Bonchev–Trinajstić information content (AvgIpc) is 3.22. The number of halogens is 1. The van der Waals surface area contributed by atoms with Gasteiger partial charge in [0.1, 0.15) is 24.3 Å². The van der Waals surface area contributed by atoms with Crippen LogP contribution in [0.2, 0.25) is 5.02 Å². The molecule has 2 aromatic rings. The predicted octanol–water partition coefficient (Wildman–Crippen LogP) is 2.66. The van der Waals surface area contributed by atoms with E-state index in [-0.39, 0.29) is 12.5 Å². The summed E-state index contributed by atoms with van der Waals surface area (Å²) in [5, 5.41) is 3.75. The number of aryl methyl sites for hydroxylation is 1. The molecule has 2 fully saturated rings. The molecule has 29 heavy (non-hydrogen) atoms. The largest absolute Gasteiger partial charge is 0.459 e. The van der Waals surface area contributed by atoms with Gasteiger partial charge in [0.25, 0.3) is 5.91 Å². The first-order valence-electron chi connectivity index (χ1n) is 9.32. The number of imide groups is 1. The molecule has 1 saturated heterocycles. The van der Waals surface area contributed by atoms with Gasteiger partial charge in [-0.25, -0.2) is 9.59 Å². The molecule has 8 nitrogen and oxygen atoms in total. The smallest absolute Gasteiger partial charge is 0.336 e. The van der Waals surface area contributed by atoms with Gasteiger partial charge in [0.2, 0.25) is 0 Å². The van der Waals surface area contributed by atoms with Crippen molar-refractivity contribution in [1.82, 2.24) is 10.2 Å². The van der Waals surface area contributed by atoms with Crippen molar-refractivity contribution < 1.29 is 23.5 Å². The first-order valence-corrected chi connectivity index (χ1v) is 9.69. The van der Waals surface area contributed by atoms with Crippen LogP contribution in [-0.4, -0.2) is 34.9 Å². The van der Waals surface area contributed by atoms with Crippen LogP contribution in [-0.2, 0) is 20.9 Å². The van der Waals surface area contributed by atoms with E-state index in [2.05, 4.69) is 5.32 Å². The Morgan fingerprint density at radius 2 is 1.97 bits per heavy atom.